The lowest BCUT2D eigenvalue weighted by Crippen LogP contribution is -2.35. The minimum atomic E-state index is -0.260. The molecule has 3 N–H and O–H groups in total. The molecular formula is C37H40N6O2. The standard InChI is InChI=1S/C37H40N6O2/c1-5-30(43(4)6-2)22-23-38-35(44)28-17-16-25(3)33(24-28)40-36(45)27-18-20-29(21-19-27)39-37-41-32-15-11-10-14-31(32)34(42-37)26-12-8-7-9-13-26/h7-21,24,30H,5-6,22-23H2,1-4H3,(H,38,44)(H,40,45)(H,39,41,42). The second-order valence-electron chi connectivity index (χ2n) is 11.1. The average molecular weight is 601 g/mol. The van der Waals surface area contributed by atoms with Gasteiger partial charge >= 0.3 is 0 Å². The smallest absolute Gasteiger partial charge is 0.255 e. The van der Waals surface area contributed by atoms with Crippen LogP contribution in [-0.2, 0) is 0 Å². The molecule has 0 bridgehead atoms. The molecule has 8 heteroatoms. The maximum atomic E-state index is 13.2. The van der Waals surface area contributed by atoms with Crippen LogP contribution in [0.4, 0.5) is 17.3 Å². The average Bonchev–Trinajstić information content (AvgIpc) is 3.07. The largest absolute Gasteiger partial charge is 0.352 e. The van der Waals surface area contributed by atoms with Crippen LogP contribution in [0.5, 0.6) is 0 Å². The Morgan fingerprint density at radius 3 is 2.27 bits per heavy atom. The summed E-state index contributed by atoms with van der Waals surface area (Å²) in [7, 11) is 2.11. The molecule has 0 saturated carbocycles. The molecule has 1 atom stereocenters. The summed E-state index contributed by atoms with van der Waals surface area (Å²) < 4.78 is 0. The highest BCUT2D eigenvalue weighted by atomic mass is 16.2. The second kappa shape index (κ2) is 14.6. The van der Waals surface area contributed by atoms with Crippen LogP contribution in [0.25, 0.3) is 22.2 Å². The first-order chi connectivity index (χ1) is 21.9. The Bertz CT molecular complexity index is 1770. The van der Waals surface area contributed by atoms with Crippen LogP contribution < -0.4 is 16.0 Å². The van der Waals surface area contributed by atoms with Gasteiger partial charge < -0.3 is 20.9 Å². The van der Waals surface area contributed by atoms with E-state index in [-0.39, 0.29) is 11.8 Å². The van der Waals surface area contributed by atoms with E-state index in [2.05, 4.69) is 41.7 Å². The number of hydrogen-bond acceptors (Lipinski definition) is 6. The third kappa shape index (κ3) is 7.72. The Hall–Kier alpha value is -5.08. The zero-order valence-corrected chi connectivity index (χ0v) is 26.3. The van der Waals surface area contributed by atoms with Crippen molar-refractivity contribution >= 4 is 40.0 Å². The summed E-state index contributed by atoms with van der Waals surface area (Å²) >= 11 is 0. The molecule has 1 unspecified atom stereocenters. The van der Waals surface area contributed by atoms with Gasteiger partial charge in [-0.15, -0.1) is 0 Å². The third-order valence-corrected chi connectivity index (χ3v) is 8.16. The molecule has 0 aliphatic rings. The highest BCUT2D eigenvalue weighted by Gasteiger charge is 2.15. The molecule has 0 spiro atoms. The summed E-state index contributed by atoms with van der Waals surface area (Å²) in [5.41, 5.74) is 5.92. The number of aryl methyl sites for hydroxylation is 1. The van der Waals surface area contributed by atoms with Gasteiger partial charge in [0.1, 0.15) is 0 Å². The van der Waals surface area contributed by atoms with E-state index >= 15 is 0 Å². The lowest BCUT2D eigenvalue weighted by molar-refractivity contribution is 0.0947. The zero-order chi connectivity index (χ0) is 31.8. The molecule has 5 aromatic rings. The number of aromatic nitrogens is 2. The van der Waals surface area contributed by atoms with Crippen LogP contribution in [0.1, 0.15) is 53.0 Å². The van der Waals surface area contributed by atoms with E-state index in [1.165, 1.54) is 0 Å². The number of nitrogens with one attached hydrogen (secondary N) is 3. The molecule has 2 amide bonds. The molecule has 0 aliphatic carbocycles. The van der Waals surface area contributed by atoms with Gasteiger partial charge in [-0.1, -0.05) is 68.4 Å². The SMILES string of the molecule is CCC(CCNC(=O)c1ccc(C)c(NC(=O)c2ccc(Nc3nc(-c4ccccc4)c4ccccc4n3)cc2)c1)N(C)CC. The predicted molar refractivity (Wildman–Crippen MR) is 183 cm³/mol. The minimum Gasteiger partial charge on any atom is -0.352 e. The van der Waals surface area contributed by atoms with Gasteiger partial charge in [0.05, 0.1) is 11.2 Å². The number of anilines is 3. The Morgan fingerprint density at radius 1 is 0.822 bits per heavy atom. The number of fused-ring (bicyclic) bond motifs is 1. The van der Waals surface area contributed by atoms with Crippen molar-refractivity contribution in [3.63, 3.8) is 0 Å². The number of hydrogen-bond donors (Lipinski definition) is 3. The van der Waals surface area contributed by atoms with E-state index in [0.717, 1.165) is 52.8 Å². The van der Waals surface area contributed by atoms with Gasteiger partial charge in [-0.3, -0.25) is 9.59 Å². The lowest BCUT2D eigenvalue weighted by Gasteiger charge is -2.25. The van der Waals surface area contributed by atoms with Crippen LogP contribution in [0.15, 0.2) is 97.1 Å². The first-order valence-corrected chi connectivity index (χ1v) is 15.5. The summed E-state index contributed by atoms with van der Waals surface area (Å²) in [5, 5.41) is 10.3. The molecular weight excluding hydrogens is 560 g/mol. The Kier molecular flexibility index (Phi) is 10.2. The van der Waals surface area contributed by atoms with Crippen LogP contribution in [0.3, 0.4) is 0 Å². The summed E-state index contributed by atoms with van der Waals surface area (Å²) in [6.45, 7) is 7.77. The fourth-order valence-corrected chi connectivity index (χ4v) is 5.32. The summed E-state index contributed by atoms with van der Waals surface area (Å²) in [5.74, 6) is 0.0586. The molecule has 8 nitrogen and oxygen atoms in total. The van der Waals surface area contributed by atoms with Crippen molar-refractivity contribution in [1.29, 1.82) is 0 Å². The first-order valence-electron chi connectivity index (χ1n) is 15.5. The normalized spacial score (nSPS) is 11.8. The Morgan fingerprint density at radius 2 is 1.53 bits per heavy atom. The van der Waals surface area contributed by atoms with Crippen molar-refractivity contribution in [1.82, 2.24) is 20.2 Å². The van der Waals surface area contributed by atoms with E-state index in [1.54, 1.807) is 24.3 Å². The highest BCUT2D eigenvalue weighted by molar-refractivity contribution is 6.06. The third-order valence-electron chi connectivity index (χ3n) is 8.16. The minimum absolute atomic E-state index is 0.152. The molecule has 230 valence electrons. The number of carbonyl (C=O) groups is 2. The maximum absolute atomic E-state index is 13.2. The van der Waals surface area contributed by atoms with Gasteiger partial charge in [-0.2, -0.15) is 0 Å². The number of benzene rings is 4. The molecule has 1 heterocycles. The van der Waals surface area contributed by atoms with Crippen molar-refractivity contribution in [2.75, 3.05) is 30.8 Å². The molecule has 0 saturated heterocycles. The fourth-order valence-electron chi connectivity index (χ4n) is 5.32. The van der Waals surface area contributed by atoms with Crippen LogP contribution >= 0.6 is 0 Å². The molecule has 0 aliphatic heterocycles. The maximum Gasteiger partial charge on any atom is 0.255 e. The van der Waals surface area contributed by atoms with Crippen molar-refractivity contribution in [2.45, 2.75) is 39.7 Å². The molecule has 0 radical (unpaired) electrons. The lowest BCUT2D eigenvalue weighted by atomic mass is 10.1. The van der Waals surface area contributed by atoms with Crippen molar-refractivity contribution in [3.05, 3.63) is 114 Å². The van der Waals surface area contributed by atoms with E-state index in [4.69, 9.17) is 9.97 Å². The number of carbonyl (C=O) groups excluding carboxylic acids is 2. The second-order valence-corrected chi connectivity index (χ2v) is 11.1. The number of amides is 2. The molecule has 4 aromatic carbocycles. The molecule has 45 heavy (non-hydrogen) atoms. The highest BCUT2D eigenvalue weighted by Crippen LogP contribution is 2.28. The zero-order valence-electron chi connectivity index (χ0n) is 26.3. The fraction of sp³-hybridized carbons (Fsp3) is 0.243. The number of para-hydroxylation sites is 1. The van der Waals surface area contributed by atoms with E-state index < -0.39 is 0 Å². The Balaban J connectivity index is 1.25. The molecule has 5 rings (SSSR count). The van der Waals surface area contributed by atoms with E-state index in [1.807, 2.05) is 79.7 Å². The summed E-state index contributed by atoms with van der Waals surface area (Å²) in [4.78, 5) is 37.9. The predicted octanol–water partition coefficient (Wildman–Crippen LogP) is 7.45. The monoisotopic (exact) mass is 600 g/mol. The van der Waals surface area contributed by atoms with Gasteiger partial charge in [0, 0.05) is 46.0 Å². The number of rotatable bonds is 12. The van der Waals surface area contributed by atoms with Gasteiger partial charge in [-0.05, 0) is 81.4 Å². The van der Waals surface area contributed by atoms with Gasteiger partial charge in [-0.25, -0.2) is 9.97 Å². The van der Waals surface area contributed by atoms with Gasteiger partial charge in [0.25, 0.3) is 11.8 Å². The van der Waals surface area contributed by atoms with Crippen molar-refractivity contribution in [2.24, 2.45) is 0 Å². The van der Waals surface area contributed by atoms with E-state index in [0.29, 0.717) is 35.3 Å². The first kappa shape index (κ1) is 31.3. The summed E-state index contributed by atoms with van der Waals surface area (Å²) in [6, 6.07) is 30.9. The molecule has 1 aromatic heterocycles. The quantitative estimate of drug-likeness (QED) is 0.138. The van der Waals surface area contributed by atoms with Crippen molar-refractivity contribution in [3.8, 4) is 11.3 Å². The Labute approximate surface area is 264 Å². The topological polar surface area (TPSA) is 99.2 Å². The van der Waals surface area contributed by atoms with E-state index in [9.17, 15) is 9.59 Å². The van der Waals surface area contributed by atoms with Crippen molar-refractivity contribution < 1.29 is 9.59 Å². The van der Waals surface area contributed by atoms with Gasteiger partial charge in [0.15, 0.2) is 0 Å². The van der Waals surface area contributed by atoms with Crippen LogP contribution in [0.2, 0.25) is 0 Å². The molecule has 0 fully saturated rings. The van der Waals surface area contributed by atoms with Gasteiger partial charge in [0.2, 0.25) is 5.95 Å². The van der Waals surface area contributed by atoms with Crippen LogP contribution in [-0.4, -0.2) is 52.9 Å². The summed E-state index contributed by atoms with van der Waals surface area (Å²) in [6.07, 6.45) is 1.92. The van der Waals surface area contributed by atoms with Crippen LogP contribution in [0, 0.1) is 6.92 Å². The number of nitrogens with zero attached hydrogens (tertiary/aromatic N) is 3.